The standard InChI is InChI=1S/C10H18BrN3O2S/c1-3-10(4-2,7-11)8-13-17(15,16)9-5-6-12-14-9/h5-6,13H,3-4,7-8H2,1-2H3,(H,12,14). The molecule has 0 atom stereocenters. The summed E-state index contributed by atoms with van der Waals surface area (Å²) in [6.07, 6.45) is 3.26. The maximum atomic E-state index is 11.9. The summed E-state index contributed by atoms with van der Waals surface area (Å²) >= 11 is 3.45. The van der Waals surface area contributed by atoms with E-state index in [1.54, 1.807) is 0 Å². The highest BCUT2D eigenvalue weighted by Gasteiger charge is 2.27. The molecule has 0 saturated heterocycles. The third-order valence-electron chi connectivity index (χ3n) is 3.19. The first-order valence-corrected chi connectivity index (χ1v) is 8.15. The zero-order chi connectivity index (χ0) is 12.9. The predicted molar refractivity (Wildman–Crippen MR) is 70.6 cm³/mol. The second-order valence-electron chi connectivity index (χ2n) is 4.09. The Labute approximate surface area is 111 Å². The van der Waals surface area contributed by atoms with Crippen molar-refractivity contribution in [3.05, 3.63) is 12.3 Å². The number of H-pyrrole nitrogens is 1. The van der Waals surface area contributed by atoms with Crippen molar-refractivity contribution in [3.63, 3.8) is 0 Å². The first-order valence-electron chi connectivity index (χ1n) is 5.54. The van der Waals surface area contributed by atoms with E-state index in [1.165, 1.54) is 12.3 Å². The first-order chi connectivity index (χ1) is 7.99. The van der Waals surface area contributed by atoms with Crippen LogP contribution in [-0.2, 0) is 10.0 Å². The number of nitrogens with one attached hydrogen (secondary N) is 2. The number of sulfonamides is 1. The lowest BCUT2D eigenvalue weighted by molar-refractivity contribution is 0.309. The number of halogens is 1. The van der Waals surface area contributed by atoms with Gasteiger partial charge in [0.2, 0.25) is 0 Å². The molecular weight excluding hydrogens is 306 g/mol. The van der Waals surface area contributed by atoms with Crippen LogP contribution in [-0.4, -0.2) is 30.5 Å². The van der Waals surface area contributed by atoms with Crippen LogP contribution in [0.2, 0.25) is 0 Å². The molecule has 98 valence electrons. The molecule has 17 heavy (non-hydrogen) atoms. The SMILES string of the molecule is CCC(CC)(CBr)CNS(=O)(=O)c1ccn[nH]1. The van der Waals surface area contributed by atoms with Gasteiger partial charge < -0.3 is 0 Å². The molecule has 5 nitrogen and oxygen atoms in total. The predicted octanol–water partition coefficient (Wildman–Crippen LogP) is 1.89. The minimum Gasteiger partial charge on any atom is -0.266 e. The Morgan fingerprint density at radius 3 is 2.53 bits per heavy atom. The van der Waals surface area contributed by atoms with Crippen LogP contribution in [0.1, 0.15) is 26.7 Å². The molecule has 1 aromatic heterocycles. The highest BCUT2D eigenvalue weighted by atomic mass is 79.9. The van der Waals surface area contributed by atoms with E-state index < -0.39 is 10.0 Å². The van der Waals surface area contributed by atoms with Crippen LogP contribution in [0.25, 0.3) is 0 Å². The molecule has 1 rings (SSSR count). The quantitative estimate of drug-likeness (QED) is 0.752. The summed E-state index contributed by atoms with van der Waals surface area (Å²) in [6.45, 7) is 4.55. The zero-order valence-electron chi connectivity index (χ0n) is 10.0. The molecule has 0 unspecified atom stereocenters. The molecule has 2 N–H and O–H groups in total. The van der Waals surface area contributed by atoms with Gasteiger partial charge in [0.1, 0.15) is 0 Å². The molecule has 0 aliphatic heterocycles. The van der Waals surface area contributed by atoms with Crippen molar-refractivity contribution in [3.8, 4) is 0 Å². The highest BCUT2D eigenvalue weighted by molar-refractivity contribution is 9.09. The fourth-order valence-corrected chi connectivity index (χ4v) is 3.51. The Morgan fingerprint density at radius 1 is 1.47 bits per heavy atom. The van der Waals surface area contributed by atoms with Gasteiger partial charge >= 0.3 is 0 Å². The Bertz CT molecular complexity index is 418. The number of nitrogens with zero attached hydrogens (tertiary/aromatic N) is 1. The van der Waals surface area contributed by atoms with Crippen molar-refractivity contribution < 1.29 is 8.42 Å². The first kappa shape index (κ1) is 14.7. The van der Waals surface area contributed by atoms with Crippen molar-refractivity contribution in [2.45, 2.75) is 31.7 Å². The summed E-state index contributed by atoms with van der Waals surface area (Å²) in [6, 6.07) is 1.44. The number of alkyl halides is 1. The van der Waals surface area contributed by atoms with Gasteiger partial charge in [0.05, 0.1) is 6.20 Å². The molecule has 0 aliphatic rings. The molecule has 1 aromatic rings. The summed E-state index contributed by atoms with van der Waals surface area (Å²) in [5, 5.41) is 6.98. The summed E-state index contributed by atoms with van der Waals surface area (Å²) in [4.78, 5) is 0. The largest absolute Gasteiger partial charge is 0.266 e. The highest BCUT2D eigenvalue weighted by Crippen LogP contribution is 2.28. The van der Waals surface area contributed by atoms with Gasteiger partial charge in [-0.15, -0.1) is 0 Å². The molecule has 0 aliphatic carbocycles. The van der Waals surface area contributed by atoms with Crippen LogP contribution < -0.4 is 4.72 Å². The van der Waals surface area contributed by atoms with Gasteiger partial charge in [0.15, 0.2) is 5.03 Å². The van der Waals surface area contributed by atoms with Crippen LogP contribution in [0.4, 0.5) is 0 Å². The van der Waals surface area contributed by atoms with Crippen molar-refractivity contribution in [1.29, 1.82) is 0 Å². The van der Waals surface area contributed by atoms with Gasteiger partial charge in [-0.05, 0) is 24.3 Å². The minimum absolute atomic E-state index is 0.0346. The van der Waals surface area contributed by atoms with E-state index in [0.717, 1.165) is 18.2 Å². The number of aromatic amines is 1. The van der Waals surface area contributed by atoms with Gasteiger partial charge in [-0.3, -0.25) is 5.10 Å². The van der Waals surface area contributed by atoms with E-state index in [2.05, 4.69) is 44.7 Å². The van der Waals surface area contributed by atoms with Crippen LogP contribution >= 0.6 is 15.9 Å². The molecular formula is C10H18BrN3O2S. The number of hydrogen-bond donors (Lipinski definition) is 2. The van der Waals surface area contributed by atoms with E-state index in [1.807, 2.05) is 0 Å². The lowest BCUT2D eigenvalue weighted by atomic mass is 9.85. The second-order valence-corrected chi connectivity index (χ2v) is 6.38. The lowest BCUT2D eigenvalue weighted by Gasteiger charge is -2.29. The summed E-state index contributed by atoms with van der Waals surface area (Å²) in [7, 11) is -3.47. The van der Waals surface area contributed by atoms with Crippen LogP contribution in [0.3, 0.4) is 0 Å². The van der Waals surface area contributed by atoms with E-state index >= 15 is 0 Å². The van der Waals surface area contributed by atoms with Crippen LogP contribution in [0.15, 0.2) is 17.3 Å². The lowest BCUT2D eigenvalue weighted by Crippen LogP contribution is -2.38. The van der Waals surface area contributed by atoms with Crippen molar-refractivity contribution >= 4 is 26.0 Å². The average molecular weight is 324 g/mol. The fourth-order valence-electron chi connectivity index (χ4n) is 1.45. The Hall–Kier alpha value is -0.400. The molecule has 0 amide bonds. The molecule has 0 saturated carbocycles. The summed E-state index contributed by atoms with van der Waals surface area (Å²) < 4.78 is 26.4. The smallest absolute Gasteiger partial charge is 0.257 e. The fraction of sp³-hybridized carbons (Fsp3) is 0.700. The van der Waals surface area contributed by atoms with Crippen molar-refractivity contribution in [2.75, 3.05) is 11.9 Å². The molecule has 0 spiro atoms. The average Bonchev–Trinajstić information content (AvgIpc) is 2.86. The normalized spacial score (nSPS) is 12.9. The molecule has 0 aromatic carbocycles. The van der Waals surface area contributed by atoms with Gasteiger partial charge in [-0.2, -0.15) is 5.10 Å². The van der Waals surface area contributed by atoms with Crippen molar-refractivity contribution in [1.82, 2.24) is 14.9 Å². The Kier molecular flexibility index (Phi) is 5.15. The van der Waals surface area contributed by atoms with Gasteiger partial charge in [-0.25, -0.2) is 13.1 Å². The van der Waals surface area contributed by atoms with E-state index in [9.17, 15) is 8.42 Å². The number of hydrogen-bond acceptors (Lipinski definition) is 3. The third kappa shape index (κ3) is 3.53. The maximum Gasteiger partial charge on any atom is 0.257 e. The monoisotopic (exact) mass is 323 g/mol. The number of aromatic nitrogens is 2. The van der Waals surface area contributed by atoms with Crippen LogP contribution in [0.5, 0.6) is 0 Å². The zero-order valence-corrected chi connectivity index (χ0v) is 12.4. The second kappa shape index (κ2) is 5.97. The summed E-state index contributed by atoms with van der Waals surface area (Å²) in [5.41, 5.74) is -0.0346. The van der Waals surface area contributed by atoms with E-state index in [0.29, 0.717) is 6.54 Å². The summed E-state index contributed by atoms with van der Waals surface area (Å²) in [5.74, 6) is 0. The third-order valence-corrected chi connectivity index (χ3v) is 5.71. The van der Waals surface area contributed by atoms with Gasteiger partial charge in [0.25, 0.3) is 10.0 Å². The van der Waals surface area contributed by atoms with Gasteiger partial charge in [0, 0.05) is 11.9 Å². The van der Waals surface area contributed by atoms with Crippen molar-refractivity contribution in [2.24, 2.45) is 5.41 Å². The maximum absolute atomic E-state index is 11.9. The molecule has 0 radical (unpaired) electrons. The molecule has 1 heterocycles. The Balaban J connectivity index is 2.73. The minimum atomic E-state index is -3.47. The number of rotatable bonds is 7. The van der Waals surface area contributed by atoms with E-state index in [4.69, 9.17) is 0 Å². The topological polar surface area (TPSA) is 74.8 Å². The van der Waals surface area contributed by atoms with Crippen LogP contribution in [0, 0.1) is 5.41 Å². The molecule has 0 bridgehead atoms. The van der Waals surface area contributed by atoms with E-state index in [-0.39, 0.29) is 10.4 Å². The Morgan fingerprint density at radius 2 is 2.12 bits per heavy atom. The van der Waals surface area contributed by atoms with Gasteiger partial charge in [-0.1, -0.05) is 29.8 Å². The molecule has 0 fully saturated rings. The molecule has 7 heteroatoms.